The highest BCUT2D eigenvalue weighted by Gasteiger charge is 2.44. The van der Waals surface area contributed by atoms with Crippen molar-refractivity contribution in [2.45, 2.75) is 97.0 Å². The van der Waals surface area contributed by atoms with E-state index in [1.165, 1.54) is 43.3 Å². The highest BCUT2D eigenvalue weighted by molar-refractivity contribution is 6.05. The normalized spacial score (nSPS) is 19.4. The molecule has 0 saturated carbocycles. The molecular weight excluding hydrogens is 838 g/mol. The van der Waals surface area contributed by atoms with Gasteiger partial charge in [0.2, 0.25) is 0 Å². The minimum atomic E-state index is -0.911. The molecule has 3 fully saturated rings. The van der Waals surface area contributed by atoms with Crippen LogP contribution in [0.1, 0.15) is 89.3 Å². The molecule has 1 amide bonds. The maximum absolute atomic E-state index is 16.3. The van der Waals surface area contributed by atoms with Crippen LogP contribution in [0, 0.1) is 29.9 Å². The van der Waals surface area contributed by atoms with Gasteiger partial charge in [-0.3, -0.25) is 14.9 Å². The first-order chi connectivity index (χ1) is 31.2. The number of hydrogen-bond acceptors (Lipinski definition) is 10. The molecule has 7 rings (SSSR count). The second-order valence-electron chi connectivity index (χ2n) is 16.8. The molecule has 0 aliphatic carbocycles. The molecule has 2 N–H and O–H groups in total. The van der Waals surface area contributed by atoms with E-state index in [4.69, 9.17) is 15.9 Å². The molecule has 3 aliphatic rings. The van der Waals surface area contributed by atoms with E-state index in [2.05, 4.69) is 53.3 Å². The lowest BCUT2D eigenvalue weighted by Gasteiger charge is -2.40. The third-order valence-electron chi connectivity index (χ3n) is 12.2. The number of piperazine rings is 1. The summed E-state index contributed by atoms with van der Waals surface area (Å²) < 4.78 is 54.4. The molecule has 3 aliphatic heterocycles. The van der Waals surface area contributed by atoms with Crippen LogP contribution >= 0.6 is 0 Å². The summed E-state index contributed by atoms with van der Waals surface area (Å²) in [5.74, 6) is 1.73. The van der Waals surface area contributed by atoms with Crippen molar-refractivity contribution in [1.82, 2.24) is 19.7 Å². The van der Waals surface area contributed by atoms with Crippen LogP contribution in [0.3, 0.4) is 0 Å². The summed E-state index contributed by atoms with van der Waals surface area (Å²) in [6.45, 7) is 13.9. The molecule has 15 heteroatoms. The van der Waals surface area contributed by atoms with Crippen LogP contribution in [0.2, 0.25) is 0 Å². The molecule has 1 aromatic heterocycles. The summed E-state index contributed by atoms with van der Waals surface area (Å²) in [5, 5.41) is 20.8. The van der Waals surface area contributed by atoms with E-state index in [1.807, 2.05) is 19.1 Å². The minimum Gasteiger partial charge on any atom is -0.508 e. The van der Waals surface area contributed by atoms with Crippen molar-refractivity contribution < 1.29 is 42.4 Å². The number of pyridine rings is 1. The number of terminal acetylenes is 1. The number of aliphatic hydroxyl groups excluding tert-OH is 1. The average molecular weight is 899 g/mol. The average Bonchev–Trinajstić information content (AvgIpc) is 3.80. The van der Waals surface area contributed by atoms with Crippen molar-refractivity contribution in [3.63, 3.8) is 0 Å². The van der Waals surface area contributed by atoms with E-state index >= 15 is 4.39 Å². The Kier molecular flexibility index (Phi) is 17.9. The van der Waals surface area contributed by atoms with Crippen molar-refractivity contribution in [3.05, 3.63) is 83.1 Å². The van der Waals surface area contributed by atoms with E-state index < -0.39 is 30.6 Å². The molecule has 12 nitrogen and oxygen atoms in total. The first-order valence-corrected chi connectivity index (χ1v) is 22.1. The Bertz CT molecular complexity index is 2350. The number of amides is 1. The number of fused-ring (bicyclic) bond motifs is 2. The number of alkyl halides is 1. The predicted molar refractivity (Wildman–Crippen MR) is 249 cm³/mol. The van der Waals surface area contributed by atoms with Gasteiger partial charge in [0.05, 0.1) is 18.2 Å². The van der Waals surface area contributed by atoms with Crippen molar-refractivity contribution >= 4 is 41.4 Å². The Morgan fingerprint density at radius 1 is 1.11 bits per heavy atom. The summed E-state index contributed by atoms with van der Waals surface area (Å²) in [7, 11) is 1.57. The number of ether oxygens (including phenoxy) is 2. The Labute approximate surface area is 380 Å². The van der Waals surface area contributed by atoms with Crippen LogP contribution < -0.4 is 4.74 Å². The van der Waals surface area contributed by atoms with Gasteiger partial charge < -0.3 is 34.3 Å². The molecule has 0 bridgehead atoms. The number of aliphatic hydroxyl groups is 1. The Morgan fingerprint density at radius 3 is 2.43 bits per heavy atom. The zero-order chi connectivity index (χ0) is 47.3. The van der Waals surface area contributed by atoms with Gasteiger partial charge in [0.1, 0.15) is 60.3 Å². The third kappa shape index (κ3) is 12.0. The van der Waals surface area contributed by atoms with Crippen LogP contribution in [-0.4, -0.2) is 119 Å². The van der Waals surface area contributed by atoms with Crippen LogP contribution in [0.4, 0.5) is 23.7 Å². The Balaban J connectivity index is 0.000000342. The molecule has 1 unspecified atom stereocenters. The Hall–Kier alpha value is -5.98. The molecule has 3 aromatic carbocycles. The second-order valence-corrected chi connectivity index (χ2v) is 16.8. The van der Waals surface area contributed by atoms with Crippen molar-refractivity contribution in [1.29, 1.82) is 0 Å². The van der Waals surface area contributed by atoms with Gasteiger partial charge >= 0.3 is 6.09 Å². The lowest BCUT2D eigenvalue weighted by molar-refractivity contribution is -0.111. The number of phenolic OH excluding ortho intramolecular Hbond substituents is 1. The summed E-state index contributed by atoms with van der Waals surface area (Å²) in [5.41, 5.74) is 0.673. The smallest absolute Gasteiger partial charge is 0.410 e. The van der Waals surface area contributed by atoms with Crippen LogP contribution in [-0.2, 0) is 16.1 Å². The monoisotopic (exact) mass is 898 g/mol. The molecule has 0 spiro atoms. The number of aromatic hydroxyl groups is 1. The number of halogens is 3. The van der Waals surface area contributed by atoms with Gasteiger partial charge in [-0.25, -0.2) is 23.0 Å². The second kappa shape index (κ2) is 23.3. The number of carbonyl (C=O) groups excluding carboxylic acids is 2. The SMILES string of the molecule is C#Cc1c(F)ccc2cc(O)cc(-c3ncc(/C(=N\CO)N4CCN(C(=O)OCc5ccc(OC)cc5)C(C)C4)c(N=C)c3F)c12.CCCC(C=O)CCC.C[C@@]12CCCN1C[C@H](F)C2. The molecule has 3 saturated heterocycles. The summed E-state index contributed by atoms with van der Waals surface area (Å²) in [4.78, 5) is 41.4. The number of carbonyl (C=O) groups is 2. The van der Waals surface area contributed by atoms with E-state index in [0.29, 0.717) is 23.6 Å². The third-order valence-corrected chi connectivity index (χ3v) is 12.2. The molecule has 0 radical (unpaired) electrons. The number of aliphatic imine (C=N–C) groups is 2. The van der Waals surface area contributed by atoms with Gasteiger partial charge in [0.15, 0.2) is 5.82 Å². The molecule has 4 aromatic rings. The van der Waals surface area contributed by atoms with Crippen LogP contribution in [0.15, 0.2) is 64.7 Å². The first-order valence-electron chi connectivity index (χ1n) is 22.1. The fourth-order valence-electron chi connectivity index (χ4n) is 8.95. The number of phenols is 1. The van der Waals surface area contributed by atoms with E-state index in [-0.39, 0.29) is 82.9 Å². The van der Waals surface area contributed by atoms with Gasteiger partial charge in [-0.05, 0) is 100 Å². The number of hydrogen-bond donors (Lipinski definition) is 2. The maximum Gasteiger partial charge on any atom is 0.410 e. The standard InChI is InChI=1S/C34H31F2N5O5.C8H14FN.C8H16O/c1-5-25-28(35)11-8-22-14-23(43)15-26(29(22)25)32-30(36)31(37-3)27(16-38-32)33(39-19-42)40-12-13-41(20(2)17-40)34(44)46-18-21-6-9-24(45-4)10-7-21;1-8-3-2-4-10(8)6-7(9)5-8;1-3-5-8(7-9)6-4-2/h1,6-11,14-16,20,42-43H,3,12-13,17-19H2,2,4H3;7H,2-6H2,1H3;7-8H,3-6H2,1-2H3/b39-33+;;/t;7-,8+;/m.1./s1. The van der Waals surface area contributed by atoms with Crippen LogP contribution in [0.5, 0.6) is 11.5 Å². The van der Waals surface area contributed by atoms with Gasteiger partial charge in [-0.15, -0.1) is 6.42 Å². The van der Waals surface area contributed by atoms with E-state index in [9.17, 15) is 28.6 Å². The summed E-state index contributed by atoms with van der Waals surface area (Å²) in [6, 6.07) is 12.1. The maximum atomic E-state index is 16.3. The fraction of sp³-hybridized carbons (Fsp3) is 0.460. The zero-order valence-corrected chi connectivity index (χ0v) is 38.0. The highest BCUT2D eigenvalue weighted by atomic mass is 19.1. The number of aromatic nitrogens is 1. The van der Waals surface area contributed by atoms with Crippen molar-refractivity contribution in [2.75, 3.05) is 46.6 Å². The lowest BCUT2D eigenvalue weighted by atomic mass is 9.95. The van der Waals surface area contributed by atoms with E-state index in [1.54, 1.807) is 29.0 Å². The van der Waals surface area contributed by atoms with Crippen LogP contribution in [0.25, 0.3) is 22.0 Å². The zero-order valence-electron chi connectivity index (χ0n) is 38.0. The molecule has 65 heavy (non-hydrogen) atoms. The molecular formula is C50H61F3N6O6. The highest BCUT2D eigenvalue weighted by Crippen LogP contribution is 2.40. The van der Waals surface area contributed by atoms with Crippen molar-refractivity contribution in [3.8, 4) is 35.1 Å². The Morgan fingerprint density at radius 2 is 1.83 bits per heavy atom. The van der Waals surface area contributed by atoms with Crippen molar-refractivity contribution in [2.24, 2.45) is 15.9 Å². The van der Waals surface area contributed by atoms with Gasteiger partial charge in [-0.2, -0.15) is 0 Å². The number of nitrogens with zero attached hydrogens (tertiary/aromatic N) is 6. The molecule has 4 heterocycles. The van der Waals surface area contributed by atoms with Gasteiger partial charge in [-0.1, -0.05) is 50.8 Å². The molecule has 348 valence electrons. The minimum absolute atomic E-state index is 0.0624. The first kappa shape index (κ1) is 50.0. The topological polar surface area (TPSA) is 140 Å². The quantitative estimate of drug-likeness (QED) is 0.0617. The lowest BCUT2D eigenvalue weighted by Crippen LogP contribution is -2.55. The predicted octanol–water partition coefficient (Wildman–Crippen LogP) is 9.23. The van der Waals surface area contributed by atoms with Gasteiger partial charge in [0, 0.05) is 60.8 Å². The molecule has 3 atom stereocenters. The van der Waals surface area contributed by atoms with E-state index in [0.717, 1.165) is 50.5 Å². The number of methoxy groups -OCH3 is 1. The van der Waals surface area contributed by atoms with Gasteiger partial charge in [0.25, 0.3) is 0 Å². The summed E-state index contributed by atoms with van der Waals surface area (Å²) >= 11 is 0. The largest absolute Gasteiger partial charge is 0.508 e. The number of aldehydes is 1. The fourth-order valence-corrected chi connectivity index (χ4v) is 8.95. The number of rotatable bonds is 12. The number of benzene rings is 3. The number of amidine groups is 1. The summed E-state index contributed by atoms with van der Waals surface area (Å²) in [6.07, 6.45) is 14.6.